The summed E-state index contributed by atoms with van der Waals surface area (Å²) in [6, 6.07) is 0.433. The zero-order valence-corrected chi connectivity index (χ0v) is 7.00. The second kappa shape index (κ2) is 3.05. The molecule has 0 bridgehead atoms. The van der Waals surface area contributed by atoms with Crippen molar-refractivity contribution in [3.63, 3.8) is 0 Å². The normalized spacial score (nSPS) is 26.4. The number of amides is 1. The van der Waals surface area contributed by atoms with E-state index in [4.69, 9.17) is 5.73 Å². The van der Waals surface area contributed by atoms with Crippen LogP contribution in [0, 0.1) is 0 Å². The zero-order chi connectivity index (χ0) is 8.43. The molecule has 0 saturated carbocycles. The molecule has 11 heavy (non-hydrogen) atoms. The summed E-state index contributed by atoms with van der Waals surface area (Å²) < 4.78 is 0. The molecule has 0 aromatic carbocycles. The van der Waals surface area contributed by atoms with E-state index < -0.39 is 0 Å². The Morgan fingerprint density at radius 3 is 2.91 bits per heavy atom. The second-order valence-corrected chi connectivity index (χ2v) is 3.09. The number of nitrogens with zero attached hydrogens (tertiary/aromatic N) is 1. The van der Waals surface area contributed by atoms with Crippen molar-refractivity contribution >= 4 is 5.91 Å². The van der Waals surface area contributed by atoms with Gasteiger partial charge in [0.1, 0.15) is 0 Å². The third-order valence-corrected chi connectivity index (χ3v) is 2.21. The van der Waals surface area contributed by atoms with E-state index in [1.54, 1.807) is 0 Å². The van der Waals surface area contributed by atoms with Crippen LogP contribution in [0.3, 0.4) is 0 Å². The van der Waals surface area contributed by atoms with Gasteiger partial charge < -0.3 is 5.73 Å². The van der Waals surface area contributed by atoms with E-state index in [1.807, 2.05) is 13.1 Å². The molecule has 1 unspecified atom stereocenters. The van der Waals surface area contributed by atoms with Crippen molar-refractivity contribution in [2.75, 3.05) is 13.6 Å². The molecule has 0 aromatic heterocycles. The minimum atomic E-state index is -0.273. The highest BCUT2D eigenvalue weighted by atomic mass is 16.1. The molecule has 0 saturated heterocycles. The fourth-order valence-electron chi connectivity index (χ4n) is 1.19. The Hall–Kier alpha value is -0.830. The average Bonchev–Trinajstić information content (AvgIpc) is 1.94. The van der Waals surface area contributed by atoms with Crippen LogP contribution in [0.1, 0.15) is 13.3 Å². The molecule has 1 aliphatic rings. The van der Waals surface area contributed by atoms with Gasteiger partial charge in [0, 0.05) is 18.2 Å². The van der Waals surface area contributed by atoms with Crippen LogP contribution < -0.4 is 5.73 Å². The van der Waals surface area contributed by atoms with E-state index in [-0.39, 0.29) is 5.91 Å². The van der Waals surface area contributed by atoms with E-state index >= 15 is 0 Å². The maximum Gasteiger partial charge on any atom is 0.244 e. The molecule has 1 amide bonds. The summed E-state index contributed by atoms with van der Waals surface area (Å²) in [7, 11) is 2.04. The Labute approximate surface area is 66.9 Å². The van der Waals surface area contributed by atoms with Gasteiger partial charge in [0.05, 0.1) is 0 Å². The van der Waals surface area contributed by atoms with Crippen LogP contribution in [0.15, 0.2) is 11.6 Å². The average molecular weight is 154 g/mol. The minimum absolute atomic E-state index is 0.273. The number of hydrogen-bond donors (Lipinski definition) is 1. The topological polar surface area (TPSA) is 46.3 Å². The highest BCUT2D eigenvalue weighted by molar-refractivity contribution is 5.92. The first-order valence-corrected chi connectivity index (χ1v) is 3.80. The van der Waals surface area contributed by atoms with E-state index in [1.165, 1.54) is 0 Å². The summed E-state index contributed by atoms with van der Waals surface area (Å²) in [6.45, 7) is 2.93. The number of rotatable bonds is 1. The molecule has 0 radical (unpaired) electrons. The number of hydrogen-bond acceptors (Lipinski definition) is 2. The third-order valence-electron chi connectivity index (χ3n) is 2.21. The van der Waals surface area contributed by atoms with Crippen LogP contribution in [0.5, 0.6) is 0 Å². The van der Waals surface area contributed by atoms with Crippen molar-refractivity contribution in [1.82, 2.24) is 4.90 Å². The summed E-state index contributed by atoms with van der Waals surface area (Å²) in [5.41, 5.74) is 5.92. The highest BCUT2D eigenvalue weighted by Crippen LogP contribution is 2.14. The molecule has 1 rings (SSSR count). The van der Waals surface area contributed by atoms with Gasteiger partial charge in [-0.2, -0.15) is 0 Å². The van der Waals surface area contributed by atoms with Crippen LogP contribution in [0.2, 0.25) is 0 Å². The lowest BCUT2D eigenvalue weighted by Gasteiger charge is -2.28. The predicted molar refractivity (Wildman–Crippen MR) is 44.0 cm³/mol. The number of primary amides is 1. The SMILES string of the molecule is CC1CC(C(N)=O)=CCN1C. The molecule has 0 fully saturated rings. The smallest absolute Gasteiger partial charge is 0.244 e. The van der Waals surface area contributed by atoms with Gasteiger partial charge in [-0.1, -0.05) is 6.08 Å². The first-order valence-electron chi connectivity index (χ1n) is 3.80. The Balaban J connectivity index is 2.66. The van der Waals surface area contributed by atoms with Crippen molar-refractivity contribution in [3.05, 3.63) is 11.6 Å². The van der Waals surface area contributed by atoms with E-state index in [9.17, 15) is 4.79 Å². The number of likely N-dealkylation sites (N-methyl/N-ethyl adjacent to an activating group) is 1. The standard InChI is InChI=1S/C8H14N2O/c1-6-5-7(8(9)11)3-4-10(6)2/h3,6H,4-5H2,1-2H3,(H2,9,11). The van der Waals surface area contributed by atoms with Gasteiger partial charge in [0.25, 0.3) is 0 Å². The van der Waals surface area contributed by atoms with Crippen molar-refractivity contribution in [2.45, 2.75) is 19.4 Å². The lowest BCUT2D eigenvalue weighted by molar-refractivity contribution is -0.114. The monoisotopic (exact) mass is 154 g/mol. The fourth-order valence-corrected chi connectivity index (χ4v) is 1.19. The second-order valence-electron chi connectivity index (χ2n) is 3.09. The van der Waals surface area contributed by atoms with Crippen LogP contribution in [-0.2, 0) is 4.79 Å². The molecule has 1 aliphatic heterocycles. The largest absolute Gasteiger partial charge is 0.366 e. The Morgan fingerprint density at radius 2 is 2.45 bits per heavy atom. The maximum absolute atomic E-state index is 10.7. The molecular formula is C8H14N2O. The van der Waals surface area contributed by atoms with Crippen molar-refractivity contribution in [2.24, 2.45) is 5.73 Å². The van der Waals surface area contributed by atoms with Crippen LogP contribution in [0.4, 0.5) is 0 Å². The molecule has 1 heterocycles. The summed E-state index contributed by atoms with van der Waals surface area (Å²) in [5.74, 6) is -0.273. The van der Waals surface area contributed by atoms with Crippen molar-refractivity contribution in [1.29, 1.82) is 0 Å². The molecule has 3 heteroatoms. The van der Waals surface area contributed by atoms with Crippen LogP contribution >= 0.6 is 0 Å². The molecule has 3 nitrogen and oxygen atoms in total. The molecule has 62 valence electrons. The lowest BCUT2D eigenvalue weighted by atomic mass is 10.0. The van der Waals surface area contributed by atoms with Gasteiger partial charge in [0.15, 0.2) is 0 Å². The third kappa shape index (κ3) is 1.80. The van der Waals surface area contributed by atoms with Gasteiger partial charge in [-0.3, -0.25) is 9.69 Å². The number of carbonyl (C=O) groups excluding carboxylic acids is 1. The fraction of sp³-hybridized carbons (Fsp3) is 0.625. The highest BCUT2D eigenvalue weighted by Gasteiger charge is 2.18. The summed E-state index contributed by atoms with van der Waals surface area (Å²) in [6.07, 6.45) is 2.69. The quantitative estimate of drug-likeness (QED) is 0.583. The van der Waals surface area contributed by atoms with E-state index in [0.717, 1.165) is 18.5 Å². The lowest BCUT2D eigenvalue weighted by Crippen LogP contribution is -2.35. The van der Waals surface area contributed by atoms with Crippen LogP contribution in [0.25, 0.3) is 0 Å². The van der Waals surface area contributed by atoms with Crippen molar-refractivity contribution < 1.29 is 4.79 Å². The summed E-state index contributed by atoms with van der Waals surface area (Å²) in [4.78, 5) is 12.9. The molecule has 0 aliphatic carbocycles. The first-order chi connectivity index (χ1) is 5.11. The van der Waals surface area contributed by atoms with Crippen LogP contribution in [-0.4, -0.2) is 30.4 Å². The summed E-state index contributed by atoms with van der Waals surface area (Å²) >= 11 is 0. The number of nitrogens with two attached hydrogens (primary N) is 1. The van der Waals surface area contributed by atoms with Gasteiger partial charge in [-0.15, -0.1) is 0 Å². The minimum Gasteiger partial charge on any atom is -0.366 e. The maximum atomic E-state index is 10.7. The molecule has 0 spiro atoms. The number of carbonyl (C=O) groups is 1. The summed E-state index contributed by atoms with van der Waals surface area (Å²) in [5, 5.41) is 0. The Bertz CT molecular complexity index is 198. The molecule has 0 aromatic rings. The van der Waals surface area contributed by atoms with E-state index in [0.29, 0.717) is 6.04 Å². The Kier molecular flexibility index (Phi) is 2.29. The van der Waals surface area contributed by atoms with Gasteiger partial charge >= 0.3 is 0 Å². The molecule has 1 atom stereocenters. The first kappa shape index (κ1) is 8.27. The molecular weight excluding hydrogens is 140 g/mol. The molecule has 2 N–H and O–H groups in total. The Morgan fingerprint density at radius 1 is 1.82 bits per heavy atom. The predicted octanol–water partition coefficient (Wildman–Crippen LogP) is 0.122. The van der Waals surface area contributed by atoms with E-state index in [2.05, 4.69) is 11.8 Å². The zero-order valence-electron chi connectivity index (χ0n) is 7.00. The van der Waals surface area contributed by atoms with Gasteiger partial charge in [-0.25, -0.2) is 0 Å². The van der Waals surface area contributed by atoms with Crippen molar-refractivity contribution in [3.8, 4) is 0 Å². The van der Waals surface area contributed by atoms with Gasteiger partial charge in [0.2, 0.25) is 5.91 Å². The van der Waals surface area contributed by atoms with Gasteiger partial charge in [-0.05, 0) is 20.4 Å².